The molecule has 0 unspecified atom stereocenters. The van der Waals surface area contributed by atoms with E-state index >= 15 is 0 Å². The van der Waals surface area contributed by atoms with Gasteiger partial charge in [-0.15, -0.1) is 0 Å². The number of nitro groups is 1. The second kappa shape index (κ2) is 4.32. The summed E-state index contributed by atoms with van der Waals surface area (Å²) in [6, 6.07) is 4.25. The molecule has 2 N–H and O–H groups in total. The van der Waals surface area contributed by atoms with Crippen LogP contribution in [0, 0.1) is 17.0 Å². The number of anilines is 1. The summed E-state index contributed by atoms with van der Waals surface area (Å²) >= 11 is 0. The van der Waals surface area contributed by atoms with Gasteiger partial charge in [-0.2, -0.15) is 10.1 Å². The van der Waals surface area contributed by atoms with Gasteiger partial charge in [0.15, 0.2) is 0 Å². The molecule has 8 heteroatoms. The number of hydrogen-bond acceptors (Lipinski definition) is 6. The number of pyridine rings is 1. The lowest BCUT2D eigenvalue weighted by Gasteiger charge is -2.05. The Morgan fingerprint density at radius 2 is 2.22 bits per heavy atom. The van der Waals surface area contributed by atoms with Gasteiger partial charge in [0.1, 0.15) is 5.82 Å². The molecule has 0 saturated heterocycles. The molecule has 2 heterocycles. The molecule has 0 aromatic carbocycles. The van der Waals surface area contributed by atoms with E-state index in [0.29, 0.717) is 5.88 Å². The smallest absolute Gasteiger partial charge is 0.331 e. The van der Waals surface area contributed by atoms with E-state index in [1.165, 1.54) is 16.8 Å². The SMILES string of the molecule is Cc1cc(Oc2nc(N)ccc2[N+](=O)[O-])n(C)n1. The molecule has 2 aromatic heterocycles. The van der Waals surface area contributed by atoms with Gasteiger partial charge >= 0.3 is 11.6 Å². The van der Waals surface area contributed by atoms with Gasteiger partial charge in [0.2, 0.25) is 5.88 Å². The number of aromatic nitrogens is 3. The average Bonchev–Trinajstić information content (AvgIpc) is 2.57. The van der Waals surface area contributed by atoms with Crippen LogP contribution in [0.4, 0.5) is 11.5 Å². The summed E-state index contributed by atoms with van der Waals surface area (Å²) < 4.78 is 6.83. The van der Waals surface area contributed by atoms with Gasteiger partial charge in [-0.3, -0.25) is 10.1 Å². The largest absolute Gasteiger partial charge is 0.415 e. The zero-order valence-corrected chi connectivity index (χ0v) is 9.82. The summed E-state index contributed by atoms with van der Waals surface area (Å²) in [6.07, 6.45) is 0. The minimum absolute atomic E-state index is 0.148. The van der Waals surface area contributed by atoms with E-state index in [0.717, 1.165) is 5.69 Å². The number of nitrogens with two attached hydrogens (primary N) is 1. The summed E-state index contributed by atoms with van der Waals surface area (Å²) in [7, 11) is 1.67. The number of ether oxygens (including phenoxy) is 1. The van der Waals surface area contributed by atoms with E-state index in [1.807, 2.05) is 0 Å². The Kier molecular flexibility index (Phi) is 2.84. The van der Waals surface area contributed by atoms with Crippen molar-refractivity contribution in [2.75, 3.05) is 5.73 Å². The average molecular weight is 249 g/mol. The molecule has 0 atom stereocenters. The summed E-state index contributed by atoms with van der Waals surface area (Å²) in [6.45, 7) is 1.79. The quantitative estimate of drug-likeness (QED) is 0.650. The van der Waals surface area contributed by atoms with Crippen molar-refractivity contribution in [3.05, 3.63) is 34.0 Å². The molecule has 0 amide bonds. The van der Waals surface area contributed by atoms with Crippen molar-refractivity contribution in [1.82, 2.24) is 14.8 Å². The van der Waals surface area contributed by atoms with E-state index < -0.39 is 4.92 Å². The molecular formula is C10H11N5O3. The highest BCUT2D eigenvalue weighted by Gasteiger charge is 2.19. The van der Waals surface area contributed by atoms with Crippen LogP contribution in [0.15, 0.2) is 18.2 Å². The Morgan fingerprint density at radius 3 is 2.78 bits per heavy atom. The monoisotopic (exact) mass is 249 g/mol. The molecular weight excluding hydrogens is 238 g/mol. The Labute approximate surface area is 102 Å². The summed E-state index contributed by atoms with van der Waals surface area (Å²) in [4.78, 5) is 14.1. The van der Waals surface area contributed by atoms with Crippen LogP contribution in [-0.4, -0.2) is 19.7 Å². The van der Waals surface area contributed by atoms with Crippen LogP contribution in [0.1, 0.15) is 5.69 Å². The molecule has 0 aliphatic rings. The minimum Gasteiger partial charge on any atom is -0.415 e. The van der Waals surface area contributed by atoms with Gasteiger partial charge in [0, 0.05) is 19.2 Å². The van der Waals surface area contributed by atoms with E-state index in [1.54, 1.807) is 20.0 Å². The van der Waals surface area contributed by atoms with Crippen LogP contribution in [0.2, 0.25) is 0 Å². The van der Waals surface area contributed by atoms with Gasteiger partial charge in [-0.1, -0.05) is 0 Å². The fraction of sp³-hybridized carbons (Fsp3) is 0.200. The van der Waals surface area contributed by atoms with Crippen molar-refractivity contribution < 1.29 is 9.66 Å². The highest BCUT2D eigenvalue weighted by Crippen LogP contribution is 2.29. The highest BCUT2D eigenvalue weighted by atomic mass is 16.6. The van der Waals surface area contributed by atoms with E-state index in [2.05, 4.69) is 10.1 Å². The van der Waals surface area contributed by atoms with Gasteiger partial charge < -0.3 is 10.5 Å². The number of hydrogen-bond donors (Lipinski definition) is 1. The standard InChI is InChI=1S/C10H11N5O3/c1-6-5-9(14(2)13-6)18-10-7(15(16)17)3-4-8(11)12-10/h3-5H,1-2H3,(H2,11,12). The minimum atomic E-state index is -0.578. The highest BCUT2D eigenvalue weighted by molar-refractivity contribution is 5.48. The molecule has 2 aromatic rings. The van der Waals surface area contributed by atoms with Crippen molar-refractivity contribution in [1.29, 1.82) is 0 Å². The van der Waals surface area contributed by atoms with Crippen molar-refractivity contribution in [3.8, 4) is 11.8 Å². The van der Waals surface area contributed by atoms with Crippen molar-refractivity contribution in [2.45, 2.75) is 6.92 Å². The lowest BCUT2D eigenvalue weighted by Crippen LogP contribution is -2.01. The molecule has 0 bridgehead atoms. The maximum Gasteiger partial charge on any atom is 0.331 e. The fourth-order valence-electron chi connectivity index (χ4n) is 1.44. The molecule has 94 valence electrons. The normalized spacial score (nSPS) is 10.3. The summed E-state index contributed by atoms with van der Waals surface area (Å²) in [5.74, 6) is 0.353. The second-order valence-electron chi connectivity index (χ2n) is 3.67. The Balaban J connectivity index is 2.42. The number of nitrogens with zero attached hydrogens (tertiary/aromatic N) is 4. The number of aryl methyl sites for hydroxylation is 2. The van der Waals surface area contributed by atoms with Crippen molar-refractivity contribution in [3.63, 3.8) is 0 Å². The van der Waals surface area contributed by atoms with Crippen molar-refractivity contribution in [2.24, 2.45) is 7.05 Å². The van der Waals surface area contributed by atoms with E-state index in [9.17, 15) is 10.1 Å². The predicted molar refractivity (Wildman–Crippen MR) is 63.3 cm³/mol. The maximum atomic E-state index is 10.8. The van der Waals surface area contributed by atoms with Crippen LogP contribution >= 0.6 is 0 Å². The van der Waals surface area contributed by atoms with E-state index in [-0.39, 0.29) is 17.4 Å². The lowest BCUT2D eigenvalue weighted by atomic mass is 10.4. The number of nitrogen functional groups attached to an aromatic ring is 1. The van der Waals surface area contributed by atoms with Crippen molar-refractivity contribution >= 4 is 11.5 Å². The second-order valence-corrected chi connectivity index (χ2v) is 3.67. The summed E-state index contributed by atoms with van der Waals surface area (Å²) in [5, 5.41) is 14.9. The van der Waals surface area contributed by atoms with Gasteiger partial charge in [0.25, 0.3) is 0 Å². The first-order valence-electron chi connectivity index (χ1n) is 5.07. The molecule has 18 heavy (non-hydrogen) atoms. The lowest BCUT2D eigenvalue weighted by molar-refractivity contribution is -0.386. The predicted octanol–water partition coefficient (Wildman–Crippen LogP) is 1.41. The molecule has 2 rings (SSSR count). The van der Waals surface area contributed by atoms with Gasteiger partial charge in [-0.05, 0) is 13.0 Å². The molecule has 0 spiro atoms. The molecule has 0 aliphatic carbocycles. The maximum absolute atomic E-state index is 10.8. The first-order chi connectivity index (χ1) is 8.47. The van der Waals surface area contributed by atoms with Gasteiger partial charge in [0.05, 0.1) is 10.6 Å². The van der Waals surface area contributed by atoms with Crippen LogP contribution in [0.25, 0.3) is 0 Å². The third kappa shape index (κ3) is 2.21. The Hall–Kier alpha value is -2.64. The first-order valence-corrected chi connectivity index (χ1v) is 5.07. The third-order valence-corrected chi connectivity index (χ3v) is 2.22. The molecule has 0 radical (unpaired) electrons. The number of rotatable bonds is 3. The van der Waals surface area contributed by atoms with Gasteiger partial charge in [-0.25, -0.2) is 4.68 Å². The Morgan fingerprint density at radius 1 is 1.50 bits per heavy atom. The first kappa shape index (κ1) is 11.8. The zero-order chi connectivity index (χ0) is 13.3. The molecule has 0 fully saturated rings. The molecule has 0 saturated carbocycles. The molecule has 8 nitrogen and oxygen atoms in total. The van der Waals surface area contributed by atoms with Crippen LogP contribution in [0.3, 0.4) is 0 Å². The Bertz CT molecular complexity index is 608. The van der Waals surface area contributed by atoms with E-state index in [4.69, 9.17) is 10.5 Å². The summed E-state index contributed by atoms with van der Waals surface area (Å²) in [5.41, 5.74) is 5.98. The fourth-order valence-corrected chi connectivity index (χ4v) is 1.44. The zero-order valence-electron chi connectivity index (χ0n) is 9.82. The van der Waals surface area contributed by atoms with Crippen LogP contribution < -0.4 is 10.5 Å². The third-order valence-electron chi connectivity index (χ3n) is 2.22. The van der Waals surface area contributed by atoms with Crippen LogP contribution in [-0.2, 0) is 7.05 Å². The molecule has 0 aliphatic heterocycles. The topological polar surface area (TPSA) is 109 Å². The van der Waals surface area contributed by atoms with Crippen LogP contribution in [0.5, 0.6) is 11.8 Å².